The van der Waals surface area contributed by atoms with Gasteiger partial charge in [0, 0.05) is 0 Å². The zero-order valence-electron chi connectivity index (χ0n) is 10.3. The number of nitrogens with two attached hydrogens (primary N) is 1. The van der Waals surface area contributed by atoms with Gasteiger partial charge in [0.2, 0.25) is 5.91 Å². The number of nitrogens with one attached hydrogen (secondary N) is 1. The van der Waals surface area contributed by atoms with Crippen LogP contribution in [-0.4, -0.2) is 17.9 Å². The van der Waals surface area contributed by atoms with Crippen LogP contribution < -0.4 is 11.1 Å². The highest BCUT2D eigenvalue weighted by atomic mass is 35.5. The van der Waals surface area contributed by atoms with Gasteiger partial charge in [0.15, 0.2) is 0 Å². The average molecular weight is 269 g/mol. The molecule has 0 spiro atoms. The molecule has 0 radical (unpaired) electrons. The Labute approximate surface area is 112 Å². The minimum atomic E-state index is -0.645. The van der Waals surface area contributed by atoms with E-state index in [1.54, 1.807) is 24.3 Å². The Hall–Kier alpha value is -1.55. The molecule has 0 fully saturated rings. The predicted molar refractivity (Wildman–Crippen MR) is 71.4 cm³/mol. The molecule has 0 heterocycles. The summed E-state index contributed by atoms with van der Waals surface area (Å²) in [5.41, 5.74) is 5.60. The van der Waals surface area contributed by atoms with Crippen molar-refractivity contribution in [2.24, 2.45) is 5.73 Å². The minimum Gasteiger partial charge on any atom is -0.368 e. The van der Waals surface area contributed by atoms with E-state index < -0.39 is 11.9 Å². The fourth-order valence-corrected chi connectivity index (χ4v) is 1.80. The number of rotatable bonds is 6. The summed E-state index contributed by atoms with van der Waals surface area (Å²) in [6.45, 7) is 2.01. The molecule has 1 aromatic carbocycles. The van der Waals surface area contributed by atoms with E-state index in [2.05, 4.69) is 5.32 Å². The molecular formula is C13H17ClN2O2. The molecule has 2 amide bonds. The van der Waals surface area contributed by atoms with Gasteiger partial charge in [0.25, 0.3) is 5.91 Å². The Morgan fingerprint density at radius 2 is 2.06 bits per heavy atom. The van der Waals surface area contributed by atoms with Gasteiger partial charge in [0.1, 0.15) is 6.04 Å². The molecule has 98 valence electrons. The highest BCUT2D eigenvalue weighted by molar-refractivity contribution is 6.33. The van der Waals surface area contributed by atoms with Gasteiger partial charge in [-0.2, -0.15) is 0 Å². The van der Waals surface area contributed by atoms with Gasteiger partial charge in [-0.1, -0.05) is 43.5 Å². The van der Waals surface area contributed by atoms with Gasteiger partial charge in [-0.05, 0) is 18.6 Å². The van der Waals surface area contributed by atoms with Crippen LogP contribution in [0.15, 0.2) is 24.3 Å². The molecule has 18 heavy (non-hydrogen) atoms. The molecule has 5 heteroatoms. The van der Waals surface area contributed by atoms with E-state index in [1.165, 1.54) is 0 Å². The molecule has 0 saturated heterocycles. The Balaban J connectivity index is 2.72. The van der Waals surface area contributed by atoms with Gasteiger partial charge >= 0.3 is 0 Å². The summed E-state index contributed by atoms with van der Waals surface area (Å²) in [6, 6.07) is 6.04. The first kappa shape index (κ1) is 14.5. The largest absolute Gasteiger partial charge is 0.368 e. The van der Waals surface area contributed by atoms with Gasteiger partial charge in [-0.25, -0.2) is 0 Å². The van der Waals surface area contributed by atoms with Crippen molar-refractivity contribution in [3.63, 3.8) is 0 Å². The molecule has 1 rings (SSSR count). The molecule has 0 aromatic heterocycles. The number of carbonyl (C=O) groups is 2. The van der Waals surface area contributed by atoms with E-state index in [1.807, 2.05) is 6.92 Å². The van der Waals surface area contributed by atoms with Crippen LogP contribution in [0.4, 0.5) is 0 Å². The van der Waals surface area contributed by atoms with Crippen molar-refractivity contribution in [1.82, 2.24) is 5.32 Å². The lowest BCUT2D eigenvalue weighted by atomic mass is 10.1. The molecule has 0 aliphatic rings. The normalized spacial score (nSPS) is 11.9. The maximum Gasteiger partial charge on any atom is 0.253 e. The van der Waals surface area contributed by atoms with E-state index in [4.69, 9.17) is 17.3 Å². The van der Waals surface area contributed by atoms with Crippen LogP contribution in [0.5, 0.6) is 0 Å². The van der Waals surface area contributed by atoms with Crippen molar-refractivity contribution in [3.8, 4) is 0 Å². The standard InChI is InChI=1S/C13H17ClN2O2/c1-2-3-8-11(12(15)17)16-13(18)9-6-4-5-7-10(9)14/h4-7,11H,2-3,8H2,1H3,(H2,15,17)(H,16,18)/t11-/m1/s1. The fraction of sp³-hybridized carbons (Fsp3) is 0.385. The summed E-state index contributed by atoms with van der Waals surface area (Å²) in [4.78, 5) is 23.2. The molecular weight excluding hydrogens is 252 g/mol. The Bertz CT molecular complexity index is 435. The van der Waals surface area contributed by atoms with E-state index in [9.17, 15) is 9.59 Å². The van der Waals surface area contributed by atoms with Crippen LogP contribution in [0.25, 0.3) is 0 Å². The second-order valence-electron chi connectivity index (χ2n) is 4.05. The lowest BCUT2D eigenvalue weighted by Crippen LogP contribution is -2.44. The summed E-state index contributed by atoms with van der Waals surface area (Å²) in [5.74, 6) is -0.899. The molecule has 0 saturated carbocycles. The zero-order chi connectivity index (χ0) is 13.5. The summed E-state index contributed by atoms with van der Waals surface area (Å²) >= 11 is 5.91. The lowest BCUT2D eigenvalue weighted by Gasteiger charge is -2.15. The molecule has 0 unspecified atom stereocenters. The molecule has 3 N–H and O–H groups in total. The Morgan fingerprint density at radius 1 is 1.39 bits per heavy atom. The van der Waals surface area contributed by atoms with Crippen LogP contribution in [0.3, 0.4) is 0 Å². The van der Waals surface area contributed by atoms with E-state index >= 15 is 0 Å². The van der Waals surface area contributed by atoms with Crippen LogP contribution in [-0.2, 0) is 4.79 Å². The van der Waals surface area contributed by atoms with E-state index in [0.29, 0.717) is 17.0 Å². The number of amides is 2. The first-order chi connectivity index (χ1) is 8.56. The van der Waals surface area contributed by atoms with Gasteiger partial charge in [-0.3, -0.25) is 9.59 Å². The number of hydrogen-bond donors (Lipinski definition) is 2. The lowest BCUT2D eigenvalue weighted by molar-refractivity contribution is -0.120. The van der Waals surface area contributed by atoms with Gasteiger partial charge in [-0.15, -0.1) is 0 Å². The fourth-order valence-electron chi connectivity index (χ4n) is 1.58. The number of unbranched alkanes of at least 4 members (excludes halogenated alkanes) is 1. The topological polar surface area (TPSA) is 72.2 Å². The van der Waals surface area contributed by atoms with E-state index in [-0.39, 0.29) is 5.91 Å². The van der Waals surface area contributed by atoms with Crippen LogP contribution in [0.2, 0.25) is 5.02 Å². The van der Waals surface area contributed by atoms with E-state index in [0.717, 1.165) is 12.8 Å². The number of benzene rings is 1. The number of primary amides is 1. The third-order valence-electron chi connectivity index (χ3n) is 2.61. The Morgan fingerprint density at radius 3 is 2.61 bits per heavy atom. The maximum atomic E-state index is 11.9. The predicted octanol–water partition coefficient (Wildman–Crippen LogP) is 2.11. The SMILES string of the molecule is CCCC[C@@H](NC(=O)c1ccccc1Cl)C(N)=O. The van der Waals surface area contributed by atoms with Crippen molar-refractivity contribution in [1.29, 1.82) is 0 Å². The summed E-state index contributed by atoms with van der Waals surface area (Å²) in [6.07, 6.45) is 2.31. The van der Waals surface area contributed by atoms with Gasteiger partial charge in [0.05, 0.1) is 10.6 Å². The number of halogens is 1. The van der Waals surface area contributed by atoms with Crippen molar-refractivity contribution in [2.75, 3.05) is 0 Å². The summed E-state index contributed by atoms with van der Waals surface area (Å²) < 4.78 is 0. The molecule has 0 aliphatic carbocycles. The van der Waals surface area contributed by atoms with Crippen molar-refractivity contribution >= 4 is 23.4 Å². The van der Waals surface area contributed by atoms with Gasteiger partial charge < -0.3 is 11.1 Å². The smallest absolute Gasteiger partial charge is 0.253 e. The third-order valence-corrected chi connectivity index (χ3v) is 2.94. The number of hydrogen-bond acceptors (Lipinski definition) is 2. The number of carbonyl (C=O) groups excluding carboxylic acids is 2. The Kier molecular flexibility index (Phi) is 5.65. The maximum absolute atomic E-state index is 11.9. The zero-order valence-corrected chi connectivity index (χ0v) is 11.0. The third kappa shape index (κ3) is 4.04. The van der Waals surface area contributed by atoms with Crippen LogP contribution >= 0.6 is 11.6 Å². The molecule has 4 nitrogen and oxygen atoms in total. The summed E-state index contributed by atoms with van der Waals surface area (Å²) in [5, 5.41) is 2.97. The average Bonchev–Trinajstić information content (AvgIpc) is 2.34. The molecule has 0 aliphatic heterocycles. The first-order valence-corrected chi connectivity index (χ1v) is 6.28. The molecule has 0 bridgehead atoms. The van der Waals surface area contributed by atoms with Crippen LogP contribution in [0, 0.1) is 0 Å². The monoisotopic (exact) mass is 268 g/mol. The quantitative estimate of drug-likeness (QED) is 0.829. The van der Waals surface area contributed by atoms with Crippen molar-refractivity contribution < 1.29 is 9.59 Å². The highest BCUT2D eigenvalue weighted by Gasteiger charge is 2.19. The molecule has 1 atom stereocenters. The van der Waals surface area contributed by atoms with Crippen LogP contribution in [0.1, 0.15) is 36.5 Å². The van der Waals surface area contributed by atoms with Crippen molar-refractivity contribution in [2.45, 2.75) is 32.2 Å². The summed E-state index contributed by atoms with van der Waals surface area (Å²) in [7, 11) is 0. The second kappa shape index (κ2) is 7.01. The first-order valence-electron chi connectivity index (χ1n) is 5.91. The highest BCUT2D eigenvalue weighted by Crippen LogP contribution is 2.15. The van der Waals surface area contributed by atoms with Crippen molar-refractivity contribution in [3.05, 3.63) is 34.9 Å². The molecule has 1 aromatic rings. The second-order valence-corrected chi connectivity index (χ2v) is 4.46. The minimum absolute atomic E-state index is 0.349.